The molecule has 0 spiro atoms. The fourth-order valence-corrected chi connectivity index (χ4v) is 5.90. The SMILES string of the molecule is CCOP(=O)(OCC)C1Nc2ccc(Cl)cc2C(=S)S1. The molecule has 1 aliphatic rings. The summed E-state index contributed by atoms with van der Waals surface area (Å²) in [5.74, 6) is 0. The fraction of sp³-hybridized carbons (Fsp3) is 0.417. The Hall–Kier alpha value is -0.100. The molecule has 0 saturated heterocycles. The lowest BCUT2D eigenvalue weighted by atomic mass is 10.2. The summed E-state index contributed by atoms with van der Waals surface area (Å²) in [6.45, 7) is 4.20. The van der Waals surface area contributed by atoms with E-state index in [0.717, 1.165) is 11.3 Å². The standard InChI is InChI=1S/C12H15ClNO3PS2/c1-3-16-18(15,17-4-2)12-14-10-6-5-8(13)7-9(10)11(19)20-12/h5-7,12,14H,3-4H2,1-2H3. The molecule has 1 aliphatic heterocycles. The smallest absolute Gasteiger partial charge is 0.363 e. The number of halogens is 1. The Morgan fingerprint density at radius 1 is 1.40 bits per heavy atom. The summed E-state index contributed by atoms with van der Waals surface area (Å²) >= 11 is 12.6. The number of thioether (sulfide) groups is 1. The van der Waals surface area contributed by atoms with E-state index in [4.69, 9.17) is 32.9 Å². The number of fused-ring (bicyclic) bond motifs is 1. The van der Waals surface area contributed by atoms with Gasteiger partial charge in [-0.25, -0.2) is 0 Å². The third-order valence-electron chi connectivity index (χ3n) is 2.60. The molecule has 8 heteroatoms. The van der Waals surface area contributed by atoms with E-state index in [0.29, 0.717) is 22.4 Å². The van der Waals surface area contributed by atoms with Gasteiger partial charge in [0.25, 0.3) is 0 Å². The van der Waals surface area contributed by atoms with Gasteiger partial charge in [-0.3, -0.25) is 4.57 Å². The molecule has 1 unspecified atom stereocenters. The summed E-state index contributed by atoms with van der Waals surface area (Å²) in [4.78, 5) is 0. The Morgan fingerprint density at radius 2 is 2.05 bits per heavy atom. The second-order valence-corrected chi connectivity index (χ2v) is 8.65. The van der Waals surface area contributed by atoms with Crippen LogP contribution < -0.4 is 5.32 Å². The Labute approximate surface area is 133 Å². The Morgan fingerprint density at radius 3 is 2.65 bits per heavy atom. The van der Waals surface area contributed by atoms with Crippen LogP contribution in [0.4, 0.5) is 5.69 Å². The van der Waals surface area contributed by atoms with E-state index in [9.17, 15) is 4.57 Å². The van der Waals surface area contributed by atoms with Crippen molar-refractivity contribution in [1.82, 2.24) is 0 Å². The molecule has 1 N–H and O–H groups in total. The van der Waals surface area contributed by atoms with Crippen LogP contribution in [0.5, 0.6) is 0 Å². The lowest BCUT2D eigenvalue weighted by Crippen LogP contribution is -2.25. The van der Waals surface area contributed by atoms with Crippen LogP contribution in [0, 0.1) is 0 Å². The number of anilines is 1. The molecule has 1 heterocycles. The molecule has 0 aromatic heterocycles. The van der Waals surface area contributed by atoms with Crippen LogP contribution in [0.15, 0.2) is 18.2 Å². The number of rotatable bonds is 5. The minimum absolute atomic E-state index is 0.316. The lowest BCUT2D eigenvalue weighted by molar-refractivity contribution is 0.220. The summed E-state index contributed by atoms with van der Waals surface area (Å²) in [5.41, 5.74) is 1.64. The third kappa shape index (κ3) is 3.38. The molecule has 0 fully saturated rings. The van der Waals surface area contributed by atoms with Gasteiger partial charge in [0.05, 0.1) is 17.4 Å². The molecule has 110 valence electrons. The van der Waals surface area contributed by atoms with Gasteiger partial charge in [0.1, 0.15) is 0 Å². The van der Waals surface area contributed by atoms with Gasteiger partial charge in [0, 0.05) is 16.3 Å². The second kappa shape index (κ2) is 6.77. The second-order valence-electron chi connectivity index (χ2n) is 3.97. The van der Waals surface area contributed by atoms with Crippen molar-refractivity contribution in [2.75, 3.05) is 18.5 Å². The predicted molar refractivity (Wildman–Crippen MR) is 89.0 cm³/mol. The largest absolute Gasteiger partial charge is 0.363 e. The lowest BCUT2D eigenvalue weighted by Gasteiger charge is -2.31. The molecular formula is C12H15ClNO3PS2. The van der Waals surface area contributed by atoms with Crippen molar-refractivity contribution in [3.05, 3.63) is 28.8 Å². The van der Waals surface area contributed by atoms with Crippen LogP contribution in [-0.2, 0) is 13.6 Å². The molecule has 1 aromatic carbocycles. The normalized spacial score (nSPS) is 18.6. The minimum atomic E-state index is -3.27. The van der Waals surface area contributed by atoms with E-state index in [1.807, 2.05) is 6.07 Å². The molecule has 1 atom stereocenters. The van der Waals surface area contributed by atoms with E-state index < -0.39 is 12.7 Å². The summed E-state index contributed by atoms with van der Waals surface area (Å²) < 4.78 is 24.1. The third-order valence-corrected chi connectivity index (χ3v) is 7.15. The van der Waals surface area contributed by atoms with E-state index in [2.05, 4.69) is 5.32 Å². The summed E-state index contributed by atoms with van der Waals surface area (Å²) in [6.07, 6.45) is 0. The van der Waals surface area contributed by atoms with Crippen molar-refractivity contribution in [3.8, 4) is 0 Å². The van der Waals surface area contributed by atoms with Gasteiger partial charge < -0.3 is 14.4 Å². The zero-order valence-electron chi connectivity index (χ0n) is 11.1. The quantitative estimate of drug-likeness (QED) is 0.611. The highest BCUT2D eigenvalue weighted by Gasteiger charge is 2.40. The fourth-order valence-electron chi connectivity index (χ4n) is 1.81. The van der Waals surface area contributed by atoms with Crippen molar-refractivity contribution in [2.24, 2.45) is 0 Å². The first kappa shape index (κ1) is 16.3. The van der Waals surface area contributed by atoms with Crippen LogP contribution in [0.2, 0.25) is 5.02 Å². The topological polar surface area (TPSA) is 47.6 Å². The maximum absolute atomic E-state index is 12.8. The Balaban J connectivity index is 2.31. The van der Waals surface area contributed by atoms with Gasteiger partial charge in [-0.15, -0.1) is 0 Å². The van der Waals surface area contributed by atoms with E-state index >= 15 is 0 Å². The van der Waals surface area contributed by atoms with Gasteiger partial charge in [0.2, 0.25) is 0 Å². The number of thiocarbonyl (C=S) groups is 1. The van der Waals surface area contributed by atoms with Crippen molar-refractivity contribution in [2.45, 2.75) is 19.0 Å². The van der Waals surface area contributed by atoms with Crippen LogP contribution in [0.1, 0.15) is 19.4 Å². The van der Waals surface area contributed by atoms with Crippen molar-refractivity contribution in [3.63, 3.8) is 0 Å². The van der Waals surface area contributed by atoms with Gasteiger partial charge in [-0.2, -0.15) is 0 Å². The Kier molecular flexibility index (Phi) is 5.51. The number of nitrogens with one attached hydrogen (secondary N) is 1. The first-order chi connectivity index (χ1) is 9.50. The van der Waals surface area contributed by atoms with Gasteiger partial charge in [0.15, 0.2) is 5.11 Å². The highest BCUT2D eigenvalue weighted by molar-refractivity contribution is 8.26. The molecule has 0 radical (unpaired) electrons. The summed E-state index contributed by atoms with van der Waals surface area (Å²) in [5, 5.41) is 3.25. The molecule has 0 aliphatic carbocycles. The molecule has 0 amide bonds. The first-order valence-corrected chi connectivity index (χ1v) is 9.43. The maximum atomic E-state index is 12.8. The Bertz CT molecular complexity index is 560. The zero-order chi connectivity index (χ0) is 14.8. The zero-order valence-corrected chi connectivity index (χ0v) is 14.4. The number of benzene rings is 1. The van der Waals surface area contributed by atoms with Gasteiger partial charge >= 0.3 is 7.60 Å². The first-order valence-electron chi connectivity index (χ1n) is 6.16. The summed E-state index contributed by atoms with van der Waals surface area (Å²) in [7, 11) is -3.27. The van der Waals surface area contributed by atoms with Crippen LogP contribution in [-0.4, -0.2) is 22.5 Å². The average molecular weight is 352 g/mol. The van der Waals surface area contributed by atoms with Crippen molar-refractivity contribution >= 4 is 53.1 Å². The van der Waals surface area contributed by atoms with Crippen molar-refractivity contribution < 1.29 is 13.6 Å². The molecule has 20 heavy (non-hydrogen) atoms. The highest BCUT2D eigenvalue weighted by Crippen LogP contribution is 2.59. The van der Waals surface area contributed by atoms with Crippen LogP contribution in [0.3, 0.4) is 0 Å². The van der Waals surface area contributed by atoms with Crippen LogP contribution >= 0.6 is 43.2 Å². The van der Waals surface area contributed by atoms with E-state index in [1.165, 1.54) is 11.8 Å². The minimum Gasteiger partial charge on any atom is -0.363 e. The molecule has 1 aromatic rings. The van der Waals surface area contributed by atoms with Gasteiger partial charge in [-0.1, -0.05) is 35.6 Å². The summed E-state index contributed by atoms with van der Waals surface area (Å²) in [6, 6.07) is 5.37. The number of hydrogen-bond acceptors (Lipinski definition) is 6. The number of hydrogen-bond donors (Lipinski definition) is 1. The molecule has 0 bridgehead atoms. The van der Waals surface area contributed by atoms with Crippen LogP contribution in [0.25, 0.3) is 0 Å². The van der Waals surface area contributed by atoms with Crippen molar-refractivity contribution in [1.29, 1.82) is 0 Å². The van der Waals surface area contributed by atoms with E-state index in [1.54, 1.807) is 26.0 Å². The molecule has 2 rings (SSSR count). The molecule has 4 nitrogen and oxygen atoms in total. The molecular weight excluding hydrogens is 337 g/mol. The molecule has 0 saturated carbocycles. The predicted octanol–water partition coefficient (Wildman–Crippen LogP) is 4.72. The average Bonchev–Trinajstić information content (AvgIpc) is 2.40. The van der Waals surface area contributed by atoms with Gasteiger partial charge in [-0.05, 0) is 32.0 Å². The van der Waals surface area contributed by atoms with E-state index in [-0.39, 0.29) is 0 Å². The highest BCUT2D eigenvalue weighted by atomic mass is 35.5. The maximum Gasteiger partial charge on any atom is 0.363 e. The monoisotopic (exact) mass is 351 g/mol.